The molecule has 1 aromatic carbocycles. The van der Waals surface area contributed by atoms with Gasteiger partial charge in [0.05, 0.1) is 36.3 Å². The number of fused-ring (bicyclic) bond motifs is 2. The number of benzene rings is 1. The lowest BCUT2D eigenvalue weighted by molar-refractivity contribution is 0.0994. The molecule has 1 aromatic heterocycles. The second-order valence-electron chi connectivity index (χ2n) is 12.6. The number of nitrogens with zero attached hydrogens (tertiary/aromatic N) is 4. The molecule has 6 nitrogen and oxygen atoms in total. The van der Waals surface area contributed by atoms with E-state index in [1.165, 1.54) is 27.8 Å². The molecule has 2 aromatic rings. The number of dihydropyridines is 1. The fourth-order valence-corrected chi connectivity index (χ4v) is 6.48. The third kappa shape index (κ3) is 5.61. The molecule has 6 heteroatoms. The summed E-state index contributed by atoms with van der Waals surface area (Å²) in [6.45, 7) is 21.8. The lowest BCUT2D eigenvalue weighted by Crippen LogP contribution is -2.51. The molecule has 1 saturated heterocycles. The summed E-state index contributed by atoms with van der Waals surface area (Å²) in [4.78, 5) is 9.64. The van der Waals surface area contributed by atoms with E-state index in [4.69, 9.17) is 0 Å². The van der Waals surface area contributed by atoms with E-state index in [9.17, 15) is 0 Å². The van der Waals surface area contributed by atoms with Crippen molar-refractivity contribution in [1.29, 1.82) is 0 Å². The standard InChI is InChI=1S/C34H46N6/c1-23(2)20-34(5,6)25(4)37-32(30-21-35-22-39(30)8)29-19-26-10-9-13-36-31(26)33(40-16-14-38(7)15-17-40)27-12-11-24(3)18-28(27)29/h9-13,18-19,21-22,31-33,36-37H,1,4,14-17,20H2,2-3,5-8H3/t31?,32-,33+/m1/s1. The van der Waals surface area contributed by atoms with Gasteiger partial charge in [0.25, 0.3) is 0 Å². The number of rotatable bonds is 8. The van der Waals surface area contributed by atoms with Gasteiger partial charge in [-0.2, -0.15) is 0 Å². The van der Waals surface area contributed by atoms with Crippen LogP contribution in [0.2, 0.25) is 0 Å². The third-order valence-electron chi connectivity index (χ3n) is 8.77. The summed E-state index contributed by atoms with van der Waals surface area (Å²) in [5.41, 5.74) is 9.60. The van der Waals surface area contributed by atoms with Crippen LogP contribution in [0, 0.1) is 12.3 Å². The van der Waals surface area contributed by atoms with Gasteiger partial charge < -0.3 is 20.1 Å². The van der Waals surface area contributed by atoms with Gasteiger partial charge in [-0.3, -0.25) is 4.90 Å². The summed E-state index contributed by atoms with van der Waals surface area (Å²) in [6, 6.07) is 7.29. The zero-order valence-corrected chi connectivity index (χ0v) is 25.2. The number of imidazole rings is 1. The lowest BCUT2D eigenvalue weighted by atomic mass is 9.82. The summed E-state index contributed by atoms with van der Waals surface area (Å²) >= 11 is 0. The number of hydrogen-bond acceptors (Lipinski definition) is 5. The number of hydrogen-bond donors (Lipinski definition) is 2. The Labute approximate surface area is 240 Å². The maximum absolute atomic E-state index is 4.57. The smallest absolute Gasteiger partial charge is 0.0946 e. The molecule has 2 aliphatic heterocycles. The minimum absolute atomic E-state index is 0.122. The first-order chi connectivity index (χ1) is 19.0. The zero-order valence-electron chi connectivity index (χ0n) is 25.2. The molecule has 2 N–H and O–H groups in total. The number of allylic oxidation sites excluding steroid dienone is 4. The van der Waals surface area contributed by atoms with E-state index in [-0.39, 0.29) is 23.5 Å². The molecule has 1 fully saturated rings. The Balaban J connectivity index is 1.67. The normalized spacial score (nSPS) is 22.2. The first-order valence-corrected chi connectivity index (χ1v) is 14.5. The van der Waals surface area contributed by atoms with Crippen molar-refractivity contribution in [3.63, 3.8) is 0 Å². The van der Waals surface area contributed by atoms with E-state index in [0.29, 0.717) is 0 Å². The van der Waals surface area contributed by atoms with E-state index in [0.717, 1.165) is 49.6 Å². The molecule has 3 aliphatic rings. The molecule has 0 bridgehead atoms. The maximum Gasteiger partial charge on any atom is 0.0946 e. The molecule has 0 saturated carbocycles. The predicted molar refractivity (Wildman–Crippen MR) is 167 cm³/mol. The van der Waals surface area contributed by atoms with E-state index >= 15 is 0 Å². The van der Waals surface area contributed by atoms with Crippen LogP contribution in [-0.2, 0) is 7.05 Å². The molecule has 1 aliphatic carbocycles. The van der Waals surface area contributed by atoms with Crippen molar-refractivity contribution in [3.8, 4) is 0 Å². The van der Waals surface area contributed by atoms with Gasteiger partial charge >= 0.3 is 0 Å². The van der Waals surface area contributed by atoms with Gasteiger partial charge in [-0.1, -0.05) is 61.9 Å². The Bertz CT molecular complexity index is 1360. The SMILES string of the molecule is C=C(C)CC(C)(C)C(=C)N[C@H](C1=CC2=CC=CNC2[C@@H](N2CCN(C)CC2)c2ccc(C)cc21)c1cncn1C. The summed E-state index contributed by atoms with van der Waals surface area (Å²) in [5, 5.41) is 7.66. The van der Waals surface area contributed by atoms with Crippen LogP contribution in [0.25, 0.3) is 5.57 Å². The van der Waals surface area contributed by atoms with E-state index in [1.54, 1.807) is 0 Å². The molecule has 5 rings (SSSR count). The van der Waals surface area contributed by atoms with Crippen molar-refractivity contribution < 1.29 is 0 Å². The van der Waals surface area contributed by atoms with Crippen LogP contribution in [0.15, 0.2) is 85.2 Å². The van der Waals surface area contributed by atoms with Crippen molar-refractivity contribution >= 4 is 5.57 Å². The van der Waals surface area contributed by atoms with Gasteiger partial charge in [-0.05, 0) is 61.9 Å². The average molecular weight is 539 g/mol. The highest BCUT2D eigenvalue weighted by Gasteiger charge is 2.39. The first-order valence-electron chi connectivity index (χ1n) is 14.5. The molecule has 40 heavy (non-hydrogen) atoms. The van der Waals surface area contributed by atoms with Crippen molar-refractivity contribution in [2.45, 2.75) is 52.2 Å². The lowest BCUT2D eigenvalue weighted by Gasteiger charge is -2.42. The van der Waals surface area contributed by atoms with Crippen molar-refractivity contribution in [1.82, 2.24) is 30.0 Å². The van der Waals surface area contributed by atoms with E-state index in [1.807, 2.05) is 12.5 Å². The molecule has 212 valence electrons. The summed E-state index contributed by atoms with van der Waals surface area (Å²) in [5.74, 6) is 0. The summed E-state index contributed by atoms with van der Waals surface area (Å²) < 4.78 is 2.13. The highest BCUT2D eigenvalue weighted by Crippen LogP contribution is 2.44. The molecule has 3 atom stereocenters. The molecular weight excluding hydrogens is 492 g/mol. The quantitative estimate of drug-likeness (QED) is 0.425. The zero-order chi connectivity index (χ0) is 28.6. The number of likely N-dealkylation sites (N-methyl/N-ethyl adjacent to an activating group) is 1. The summed E-state index contributed by atoms with van der Waals surface area (Å²) in [7, 11) is 4.30. The minimum Gasteiger partial charge on any atom is -0.382 e. The van der Waals surface area contributed by atoms with Gasteiger partial charge in [0, 0.05) is 44.3 Å². The van der Waals surface area contributed by atoms with Crippen LogP contribution in [0.4, 0.5) is 0 Å². The highest BCUT2D eigenvalue weighted by atomic mass is 15.3. The van der Waals surface area contributed by atoms with Gasteiger partial charge in [0.2, 0.25) is 0 Å². The van der Waals surface area contributed by atoms with Gasteiger partial charge in [-0.15, -0.1) is 6.58 Å². The number of aryl methyl sites for hydroxylation is 2. The van der Waals surface area contributed by atoms with E-state index < -0.39 is 0 Å². The second-order valence-corrected chi connectivity index (χ2v) is 12.6. The molecule has 0 spiro atoms. The molecular formula is C34H46N6. The Hall–Kier alpha value is -3.35. The summed E-state index contributed by atoms with van der Waals surface area (Å²) in [6.07, 6.45) is 13.7. The van der Waals surface area contributed by atoms with Crippen LogP contribution in [0.5, 0.6) is 0 Å². The average Bonchev–Trinajstić information content (AvgIpc) is 3.27. The Morgan fingerprint density at radius 2 is 1.93 bits per heavy atom. The highest BCUT2D eigenvalue weighted by molar-refractivity contribution is 5.78. The van der Waals surface area contributed by atoms with Crippen LogP contribution in [-0.4, -0.2) is 58.6 Å². The Morgan fingerprint density at radius 1 is 1.18 bits per heavy atom. The fourth-order valence-electron chi connectivity index (χ4n) is 6.48. The molecule has 3 heterocycles. The van der Waals surface area contributed by atoms with Crippen LogP contribution in [0.1, 0.15) is 61.7 Å². The van der Waals surface area contributed by atoms with Crippen LogP contribution < -0.4 is 10.6 Å². The van der Waals surface area contributed by atoms with Crippen molar-refractivity contribution in [2.24, 2.45) is 12.5 Å². The molecule has 0 amide bonds. The fraction of sp³-hybridized carbons (Fsp3) is 0.441. The maximum atomic E-state index is 4.57. The minimum atomic E-state index is -0.150. The number of piperazine rings is 1. The van der Waals surface area contributed by atoms with Crippen molar-refractivity contribution in [2.75, 3.05) is 33.2 Å². The van der Waals surface area contributed by atoms with Gasteiger partial charge in [0.1, 0.15) is 0 Å². The molecule has 1 unspecified atom stereocenters. The Kier molecular flexibility index (Phi) is 7.94. The second kappa shape index (κ2) is 11.3. The Morgan fingerprint density at radius 3 is 2.60 bits per heavy atom. The van der Waals surface area contributed by atoms with E-state index in [2.05, 4.69) is 128 Å². The van der Waals surface area contributed by atoms with Crippen LogP contribution >= 0.6 is 0 Å². The first kappa shape index (κ1) is 28.2. The number of aromatic nitrogens is 2. The topological polar surface area (TPSA) is 48.4 Å². The van der Waals surface area contributed by atoms with Crippen LogP contribution in [0.3, 0.4) is 0 Å². The third-order valence-corrected chi connectivity index (χ3v) is 8.77. The largest absolute Gasteiger partial charge is 0.382 e. The monoisotopic (exact) mass is 538 g/mol. The van der Waals surface area contributed by atoms with Gasteiger partial charge in [0.15, 0.2) is 0 Å². The number of nitrogens with one attached hydrogen (secondary N) is 2. The predicted octanol–water partition coefficient (Wildman–Crippen LogP) is 5.66. The van der Waals surface area contributed by atoms with Crippen molar-refractivity contribution in [3.05, 3.63) is 108 Å². The molecule has 0 radical (unpaired) electrons. The van der Waals surface area contributed by atoms with Gasteiger partial charge in [-0.25, -0.2) is 4.98 Å².